The number of carbonyl (C=O) groups excluding carboxylic acids is 3. The molecule has 0 bridgehead atoms. The Kier molecular flexibility index (Phi) is 7.58. The van der Waals surface area contributed by atoms with Crippen LogP contribution in [0.3, 0.4) is 0 Å². The third-order valence-corrected chi connectivity index (χ3v) is 7.97. The summed E-state index contributed by atoms with van der Waals surface area (Å²) in [5.41, 5.74) is 5.95. The van der Waals surface area contributed by atoms with E-state index in [1.54, 1.807) is 12.1 Å². The van der Waals surface area contributed by atoms with Crippen LogP contribution >= 0.6 is 11.8 Å². The molecule has 3 aromatic carbocycles. The zero-order valence-electron chi connectivity index (χ0n) is 22.5. The number of aromatic nitrogens is 1. The zero-order chi connectivity index (χ0) is 28.4. The van der Waals surface area contributed by atoms with Crippen LogP contribution in [-0.2, 0) is 16.1 Å². The average Bonchev–Trinajstić information content (AvgIpc) is 3.36. The molecule has 0 unspecified atom stereocenters. The number of nitrogens with one attached hydrogen (secondary N) is 1. The van der Waals surface area contributed by atoms with Gasteiger partial charge in [-0.3, -0.25) is 19.3 Å². The van der Waals surface area contributed by atoms with Crippen LogP contribution in [0.15, 0.2) is 77.7 Å². The van der Waals surface area contributed by atoms with Gasteiger partial charge in [0.15, 0.2) is 0 Å². The summed E-state index contributed by atoms with van der Waals surface area (Å²) in [4.78, 5) is 40.0. The third kappa shape index (κ3) is 5.29. The van der Waals surface area contributed by atoms with Gasteiger partial charge in [0.2, 0.25) is 5.91 Å². The van der Waals surface area contributed by atoms with Crippen molar-refractivity contribution >= 4 is 51.5 Å². The molecular formula is C32H28N4O3S. The number of carbonyl (C=O) groups is 3. The third-order valence-electron chi connectivity index (χ3n) is 7.06. The molecule has 200 valence electrons. The number of thioether (sulfide) groups is 1. The number of nitrogens with zero attached hydrogens (tertiary/aromatic N) is 3. The molecule has 40 heavy (non-hydrogen) atoms. The van der Waals surface area contributed by atoms with E-state index in [4.69, 9.17) is 0 Å². The molecule has 1 aromatic heterocycles. The number of anilines is 1. The SMILES string of the molecule is Cc1c(/C=C2\SC(=O)N(CC(=O)Nc3ccc(C(C)C)cc3)C2=O)c2ccccc2n1Cc1ccccc1C#N. The highest BCUT2D eigenvalue weighted by Gasteiger charge is 2.36. The van der Waals surface area contributed by atoms with Crippen molar-refractivity contribution in [2.75, 3.05) is 11.9 Å². The van der Waals surface area contributed by atoms with E-state index in [1.165, 1.54) is 0 Å². The Morgan fingerprint density at radius 3 is 2.45 bits per heavy atom. The molecule has 0 aliphatic carbocycles. The summed E-state index contributed by atoms with van der Waals surface area (Å²) in [5, 5.41) is 12.8. The number of para-hydroxylation sites is 1. The summed E-state index contributed by atoms with van der Waals surface area (Å²) < 4.78 is 2.11. The van der Waals surface area contributed by atoms with Crippen molar-refractivity contribution < 1.29 is 14.4 Å². The monoisotopic (exact) mass is 548 g/mol. The number of benzene rings is 3. The molecular weight excluding hydrogens is 520 g/mol. The lowest BCUT2D eigenvalue weighted by molar-refractivity contribution is -0.127. The maximum Gasteiger partial charge on any atom is 0.294 e. The predicted octanol–water partition coefficient (Wildman–Crippen LogP) is 6.67. The van der Waals surface area contributed by atoms with E-state index >= 15 is 0 Å². The van der Waals surface area contributed by atoms with Crippen molar-refractivity contribution in [1.29, 1.82) is 5.26 Å². The van der Waals surface area contributed by atoms with Crippen molar-refractivity contribution in [3.63, 3.8) is 0 Å². The van der Waals surface area contributed by atoms with Crippen molar-refractivity contribution in [2.24, 2.45) is 0 Å². The van der Waals surface area contributed by atoms with Crippen molar-refractivity contribution in [3.8, 4) is 6.07 Å². The largest absolute Gasteiger partial charge is 0.340 e. The first-order valence-electron chi connectivity index (χ1n) is 13.0. The highest BCUT2D eigenvalue weighted by Crippen LogP contribution is 2.36. The van der Waals surface area contributed by atoms with Crippen LogP contribution in [0, 0.1) is 18.3 Å². The fourth-order valence-corrected chi connectivity index (χ4v) is 5.66. The van der Waals surface area contributed by atoms with Gasteiger partial charge in [0.05, 0.1) is 16.5 Å². The maximum absolute atomic E-state index is 13.2. The number of rotatable bonds is 7. The first-order chi connectivity index (χ1) is 19.3. The van der Waals surface area contributed by atoms with Gasteiger partial charge in [0.1, 0.15) is 6.54 Å². The molecule has 1 fully saturated rings. The van der Waals surface area contributed by atoms with Crippen LogP contribution in [0.1, 0.15) is 47.7 Å². The second kappa shape index (κ2) is 11.2. The van der Waals surface area contributed by atoms with Crippen LogP contribution < -0.4 is 5.32 Å². The number of hydrogen-bond donors (Lipinski definition) is 1. The minimum atomic E-state index is -0.494. The van der Waals surface area contributed by atoms with E-state index in [0.29, 0.717) is 23.7 Å². The lowest BCUT2D eigenvalue weighted by Gasteiger charge is -2.13. The Hall–Kier alpha value is -4.61. The van der Waals surface area contributed by atoms with Crippen LogP contribution in [0.5, 0.6) is 0 Å². The maximum atomic E-state index is 13.2. The van der Waals surface area contributed by atoms with Gasteiger partial charge in [-0.2, -0.15) is 5.26 Å². The molecule has 1 aliphatic heterocycles. The molecule has 0 spiro atoms. The first kappa shape index (κ1) is 27.0. The molecule has 8 heteroatoms. The molecule has 0 saturated carbocycles. The van der Waals surface area contributed by atoms with E-state index in [2.05, 4.69) is 29.8 Å². The van der Waals surface area contributed by atoms with Gasteiger partial charge in [0, 0.05) is 34.4 Å². The fourth-order valence-electron chi connectivity index (χ4n) is 4.84. The molecule has 5 rings (SSSR count). The van der Waals surface area contributed by atoms with E-state index in [-0.39, 0.29) is 11.4 Å². The fraction of sp³-hybridized carbons (Fsp3) is 0.188. The minimum Gasteiger partial charge on any atom is -0.340 e. The molecule has 1 N–H and O–H groups in total. The molecule has 0 radical (unpaired) electrons. The number of fused-ring (bicyclic) bond motifs is 1. The standard InChI is InChI=1S/C32H28N4O3S/c1-20(2)22-12-14-25(15-13-22)34-30(37)19-36-31(38)29(40-32(36)39)16-27-21(3)35(28-11-7-6-10-26(27)28)18-24-9-5-4-8-23(24)17-33/h4-16,20H,18-19H2,1-3H3,(H,34,37)/b29-16-. The Labute approximate surface area is 237 Å². The second-order valence-corrected chi connectivity index (χ2v) is 11.0. The van der Waals surface area contributed by atoms with E-state index in [9.17, 15) is 19.6 Å². The smallest absolute Gasteiger partial charge is 0.294 e. The Bertz CT molecular complexity index is 1710. The van der Waals surface area contributed by atoms with Crippen molar-refractivity contribution in [1.82, 2.24) is 9.47 Å². The van der Waals surface area contributed by atoms with Crippen LogP contribution in [0.4, 0.5) is 10.5 Å². The van der Waals surface area contributed by atoms with Crippen LogP contribution in [-0.4, -0.2) is 33.1 Å². The summed E-state index contributed by atoms with van der Waals surface area (Å²) in [6, 6.07) is 25.1. The predicted molar refractivity (Wildman–Crippen MR) is 159 cm³/mol. The van der Waals surface area contributed by atoms with Gasteiger partial charge in [-0.25, -0.2) is 0 Å². The van der Waals surface area contributed by atoms with Gasteiger partial charge in [-0.1, -0.05) is 62.4 Å². The average molecular weight is 549 g/mol. The second-order valence-electron chi connectivity index (χ2n) is 9.96. The van der Waals surface area contributed by atoms with E-state index < -0.39 is 17.1 Å². The van der Waals surface area contributed by atoms with E-state index in [0.717, 1.165) is 49.9 Å². The Morgan fingerprint density at radius 1 is 1.02 bits per heavy atom. The number of hydrogen-bond acceptors (Lipinski definition) is 5. The molecule has 4 aromatic rings. The Balaban J connectivity index is 1.39. The van der Waals surface area contributed by atoms with Crippen LogP contribution in [0.25, 0.3) is 17.0 Å². The molecule has 7 nitrogen and oxygen atoms in total. The zero-order valence-corrected chi connectivity index (χ0v) is 23.3. The highest BCUT2D eigenvalue weighted by molar-refractivity contribution is 8.18. The summed E-state index contributed by atoms with van der Waals surface area (Å²) >= 11 is 0.833. The van der Waals surface area contributed by atoms with E-state index in [1.807, 2.05) is 73.7 Å². The summed E-state index contributed by atoms with van der Waals surface area (Å²) in [5.74, 6) is -0.561. The molecule has 3 amide bonds. The topological polar surface area (TPSA) is 95.2 Å². The van der Waals surface area contributed by atoms with Crippen molar-refractivity contribution in [3.05, 3.63) is 106 Å². The number of nitriles is 1. The summed E-state index contributed by atoms with van der Waals surface area (Å²) in [7, 11) is 0. The normalized spacial score (nSPS) is 14.4. The molecule has 2 heterocycles. The lowest BCUT2D eigenvalue weighted by atomic mass is 10.0. The highest BCUT2D eigenvalue weighted by atomic mass is 32.2. The molecule has 1 aliphatic rings. The summed E-state index contributed by atoms with van der Waals surface area (Å²) in [6.07, 6.45) is 1.73. The number of amides is 3. The lowest BCUT2D eigenvalue weighted by Crippen LogP contribution is -2.36. The van der Waals surface area contributed by atoms with Crippen molar-refractivity contribution in [2.45, 2.75) is 33.2 Å². The first-order valence-corrected chi connectivity index (χ1v) is 13.8. The minimum absolute atomic E-state index is 0.266. The van der Waals surface area contributed by atoms with Gasteiger partial charge in [0.25, 0.3) is 11.1 Å². The molecule has 1 saturated heterocycles. The number of imide groups is 1. The summed E-state index contributed by atoms with van der Waals surface area (Å²) in [6.45, 7) is 6.27. The van der Waals surface area contributed by atoms with Gasteiger partial charge < -0.3 is 9.88 Å². The van der Waals surface area contributed by atoms with Gasteiger partial charge >= 0.3 is 0 Å². The quantitative estimate of drug-likeness (QED) is 0.260. The van der Waals surface area contributed by atoms with Crippen LogP contribution in [0.2, 0.25) is 0 Å². The molecule has 0 atom stereocenters. The van der Waals surface area contributed by atoms with Gasteiger partial charge in [-0.15, -0.1) is 0 Å². The van der Waals surface area contributed by atoms with Gasteiger partial charge in [-0.05, 0) is 66.1 Å². The Morgan fingerprint density at radius 2 is 1.73 bits per heavy atom.